The second-order valence-corrected chi connectivity index (χ2v) is 9.89. The highest BCUT2D eigenvalue weighted by molar-refractivity contribution is 9.10. The van der Waals surface area contributed by atoms with Gasteiger partial charge < -0.3 is 14.3 Å². The smallest absolute Gasteiger partial charge is 0.334 e. The van der Waals surface area contributed by atoms with Gasteiger partial charge in [0, 0.05) is 15.6 Å². The molecule has 0 spiro atoms. The van der Waals surface area contributed by atoms with Gasteiger partial charge in [-0.2, -0.15) is 13.8 Å². The van der Waals surface area contributed by atoms with Gasteiger partial charge in [-0.3, -0.25) is 4.57 Å². The molecule has 3 aromatic carbocycles. The van der Waals surface area contributed by atoms with E-state index in [-0.39, 0.29) is 10.4 Å². The lowest BCUT2D eigenvalue weighted by atomic mass is 9.91. The minimum absolute atomic E-state index is 0.0989. The lowest BCUT2D eigenvalue weighted by Crippen LogP contribution is -2.15. The molecule has 6 nitrogen and oxygen atoms in total. The summed E-state index contributed by atoms with van der Waals surface area (Å²) in [6.45, 7) is 0. The van der Waals surface area contributed by atoms with Gasteiger partial charge in [-0.15, -0.1) is 0 Å². The van der Waals surface area contributed by atoms with Crippen molar-refractivity contribution in [3.05, 3.63) is 106 Å². The van der Waals surface area contributed by atoms with Gasteiger partial charge in [-0.25, -0.2) is 0 Å². The number of alkyl halides is 2. The van der Waals surface area contributed by atoms with Gasteiger partial charge in [0.25, 0.3) is 5.89 Å². The van der Waals surface area contributed by atoms with Gasteiger partial charge >= 0.3 is 13.3 Å². The molecular formula is C23H18BrF2N2O4P. The summed E-state index contributed by atoms with van der Waals surface area (Å²) in [4.78, 5) is 22.6. The van der Waals surface area contributed by atoms with E-state index in [1.54, 1.807) is 0 Å². The van der Waals surface area contributed by atoms with Crippen molar-refractivity contribution in [1.29, 1.82) is 0 Å². The zero-order chi connectivity index (χ0) is 23.6. The van der Waals surface area contributed by atoms with Gasteiger partial charge in [0.05, 0.1) is 5.92 Å². The van der Waals surface area contributed by atoms with Crippen LogP contribution in [0.1, 0.15) is 28.4 Å². The van der Waals surface area contributed by atoms with Crippen molar-refractivity contribution in [3.8, 4) is 11.5 Å². The lowest BCUT2D eigenvalue weighted by molar-refractivity contribution is 0.0557. The van der Waals surface area contributed by atoms with Crippen molar-refractivity contribution >= 4 is 23.5 Å². The van der Waals surface area contributed by atoms with Crippen LogP contribution in [0.15, 0.2) is 87.9 Å². The molecule has 1 atom stereocenters. The van der Waals surface area contributed by atoms with Crippen LogP contribution in [-0.4, -0.2) is 19.9 Å². The maximum atomic E-state index is 14.2. The summed E-state index contributed by atoms with van der Waals surface area (Å²) in [7, 11) is -5.68. The number of rotatable bonds is 7. The number of halogens is 3. The Morgan fingerprint density at radius 1 is 1.00 bits per heavy atom. The third-order valence-corrected chi connectivity index (χ3v) is 6.77. The van der Waals surface area contributed by atoms with E-state index >= 15 is 0 Å². The third-order valence-electron chi connectivity index (χ3n) is 5.14. The SMILES string of the molecule is O=P(O)(O)C(F)(F)c1ccc(CC(c2ccccc2)c2noc(-c3ccccc3)n2)cc1Br. The molecule has 4 rings (SSSR count). The highest BCUT2D eigenvalue weighted by Gasteiger charge is 2.51. The van der Waals surface area contributed by atoms with Gasteiger partial charge in [-0.05, 0) is 35.7 Å². The quantitative estimate of drug-likeness (QED) is 0.278. The average molecular weight is 535 g/mol. The Kier molecular flexibility index (Phi) is 6.59. The molecule has 10 heteroatoms. The molecule has 2 N–H and O–H groups in total. The molecule has 0 aliphatic rings. The number of hydrogen-bond donors (Lipinski definition) is 2. The highest BCUT2D eigenvalue weighted by Crippen LogP contribution is 2.60. The molecule has 1 heterocycles. The summed E-state index contributed by atoms with van der Waals surface area (Å²) in [6, 6.07) is 22.6. The van der Waals surface area contributed by atoms with Crippen LogP contribution in [0.25, 0.3) is 11.5 Å². The first-order valence-corrected chi connectivity index (χ1v) is 12.2. The van der Waals surface area contributed by atoms with E-state index in [0.717, 1.165) is 17.2 Å². The molecule has 0 saturated heterocycles. The van der Waals surface area contributed by atoms with Crippen LogP contribution in [0.5, 0.6) is 0 Å². The number of nitrogens with zero attached hydrogens (tertiary/aromatic N) is 2. The number of benzene rings is 3. The Labute approximate surface area is 196 Å². The molecule has 1 unspecified atom stereocenters. The summed E-state index contributed by atoms with van der Waals surface area (Å²) in [5, 5.41) is 4.16. The minimum atomic E-state index is -5.68. The zero-order valence-corrected chi connectivity index (χ0v) is 19.5. The predicted octanol–water partition coefficient (Wildman–Crippen LogP) is 6.10. The van der Waals surface area contributed by atoms with Crippen LogP contribution in [0.2, 0.25) is 0 Å². The first kappa shape index (κ1) is 23.4. The minimum Gasteiger partial charge on any atom is -0.334 e. The van der Waals surface area contributed by atoms with Crippen LogP contribution in [0, 0.1) is 0 Å². The zero-order valence-electron chi connectivity index (χ0n) is 17.0. The summed E-state index contributed by atoms with van der Waals surface area (Å²) in [6.07, 6.45) is 0.345. The van der Waals surface area contributed by atoms with Crippen molar-refractivity contribution in [3.63, 3.8) is 0 Å². The molecule has 0 saturated carbocycles. The first-order valence-electron chi connectivity index (χ1n) is 9.83. The standard InChI is InChI=1S/C23H18BrF2N2O4P/c24-20-14-15(11-12-19(20)23(25,26)33(29,30)31)13-18(16-7-3-1-4-8-16)21-27-22(32-28-21)17-9-5-2-6-10-17/h1-12,14,18H,13H2,(H2,29,30,31). The molecule has 0 amide bonds. The van der Waals surface area contributed by atoms with Crippen molar-refractivity contribution in [2.24, 2.45) is 0 Å². The normalized spacial score (nSPS) is 13.1. The fraction of sp³-hybridized carbons (Fsp3) is 0.130. The largest absolute Gasteiger partial charge is 0.399 e. The molecule has 1 aromatic heterocycles. The van der Waals surface area contributed by atoms with E-state index in [1.165, 1.54) is 12.1 Å². The van der Waals surface area contributed by atoms with Crippen LogP contribution >= 0.6 is 23.5 Å². The average Bonchev–Trinajstić information content (AvgIpc) is 3.28. The summed E-state index contributed by atoms with van der Waals surface area (Å²) in [5.74, 6) is 0.456. The lowest BCUT2D eigenvalue weighted by Gasteiger charge is -2.20. The topological polar surface area (TPSA) is 96.5 Å². The maximum absolute atomic E-state index is 14.2. The molecule has 170 valence electrons. The van der Waals surface area contributed by atoms with Gasteiger partial charge in [0.2, 0.25) is 0 Å². The van der Waals surface area contributed by atoms with Crippen molar-refractivity contribution in [1.82, 2.24) is 10.1 Å². The molecular weight excluding hydrogens is 517 g/mol. The number of hydrogen-bond acceptors (Lipinski definition) is 4. The molecule has 0 fully saturated rings. The fourth-order valence-electron chi connectivity index (χ4n) is 3.44. The second kappa shape index (κ2) is 9.27. The Balaban J connectivity index is 1.69. The van der Waals surface area contributed by atoms with E-state index < -0.39 is 18.8 Å². The van der Waals surface area contributed by atoms with Crippen LogP contribution in [0.3, 0.4) is 0 Å². The monoisotopic (exact) mass is 534 g/mol. The van der Waals surface area contributed by atoms with Crippen molar-refractivity contribution < 1.29 is 27.7 Å². The van der Waals surface area contributed by atoms with Gasteiger partial charge in [-0.1, -0.05) is 81.8 Å². The Bertz CT molecular complexity index is 1300. The maximum Gasteiger partial charge on any atom is 0.399 e. The second-order valence-electron chi connectivity index (χ2n) is 7.39. The highest BCUT2D eigenvalue weighted by atomic mass is 79.9. The van der Waals surface area contributed by atoms with Crippen LogP contribution < -0.4 is 0 Å². The van der Waals surface area contributed by atoms with E-state index in [4.69, 9.17) is 14.3 Å². The van der Waals surface area contributed by atoms with E-state index in [2.05, 4.69) is 26.1 Å². The summed E-state index contributed by atoms with van der Waals surface area (Å²) >= 11 is 3.04. The molecule has 33 heavy (non-hydrogen) atoms. The Hall–Kier alpha value is -2.71. The Morgan fingerprint density at radius 2 is 1.64 bits per heavy atom. The van der Waals surface area contributed by atoms with Gasteiger partial charge in [0.1, 0.15) is 0 Å². The first-order chi connectivity index (χ1) is 15.7. The summed E-state index contributed by atoms with van der Waals surface area (Å²) < 4.78 is 45.0. The third kappa shape index (κ3) is 4.96. The van der Waals surface area contributed by atoms with Gasteiger partial charge in [0.15, 0.2) is 5.82 Å². The van der Waals surface area contributed by atoms with Crippen LogP contribution in [0.4, 0.5) is 8.78 Å². The summed E-state index contributed by atoms with van der Waals surface area (Å²) in [5.41, 5.74) is -2.76. The fourth-order valence-corrected chi connectivity index (χ4v) is 4.78. The van der Waals surface area contributed by atoms with Crippen LogP contribution in [-0.2, 0) is 16.6 Å². The molecule has 0 aliphatic carbocycles. The molecule has 4 aromatic rings. The Morgan fingerprint density at radius 3 is 2.24 bits per heavy atom. The van der Waals surface area contributed by atoms with Crippen molar-refractivity contribution in [2.45, 2.75) is 18.0 Å². The van der Waals surface area contributed by atoms with Crippen molar-refractivity contribution in [2.75, 3.05) is 0 Å². The number of aromatic nitrogens is 2. The van der Waals surface area contributed by atoms with E-state index in [0.29, 0.717) is 23.7 Å². The van der Waals surface area contributed by atoms with E-state index in [9.17, 15) is 13.3 Å². The van der Waals surface area contributed by atoms with E-state index in [1.807, 2.05) is 60.7 Å². The predicted molar refractivity (Wildman–Crippen MR) is 122 cm³/mol. The molecule has 0 aliphatic heterocycles. The molecule has 0 bridgehead atoms. The molecule has 0 radical (unpaired) electrons.